The van der Waals surface area contributed by atoms with Crippen LogP contribution in [-0.2, 0) is 4.79 Å². The second-order valence-electron chi connectivity index (χ2n) is 5.44. The van der Waals surface area contributed by atoms with Crippen LogP contribution in [0.25, 0.3) is 0 Å². The van der Waals surface area contributed by atoms with Gasteiger partial charge in [0.15, 0.2) is 0 Å². The molecule has 0 aromatic rings. The summed E-state index contributed by atoms with van der Waals surface area (Å²) in [4.78, 5) is 13.9. The third-order valence-electron chi connectivity index (χ3n) is 3.81. The highest BCUT2D eigenvalue weighted by Crippen LogP contribution is 2.35. The summed E-state index contributed by atoms with van der Waals surface area (Å²) in [5.41, 5.74) is 0.0571. The molecule has 1 atom stereocenters. The fraction of sp³-hybridized carbons (Fsp3) is 0.909. The molecule has 2 aliphatic heterocycles. The van der Waals surface area contributed by atoms with Gasteiger partial charge < -0.3 is 15.3 Å². The summed E-state index contributed by atoms with van der Waals surface area (Å²) in [6.45, 7) is 7.57. The third kappa shape index (κ3) is 1.88. The van der Waals surface area contributed by atoms with Gasteiger partial charge in [-0.2, -0.15) is 0 Å². The molecule has 1 unspecified atom stereocenters. The van der Waals surface area contributed by atoms with Crippen molar-refractivity contribution in [1.82, 2.24) is 10.2 Å². The molecule has 0 aromatic heterocycles. The third-order valence-corrected chi connectivity index (χ3v) is 3.81. The lowest BCUT2D eigenvalue weighted by atomic mass is 9.83. The van der Waals surface area contributed by atoms with Crippen LogP contribution in [0, 0.1) is 17.3 Å². The van der Waals surface area contributed by atoms with Gasteiger partial charge in [0.05, 0.1) is 5.92 Å². The fourth-order valence-electron chi connectivity index (χ4n) is 2.39. The van der Waals surface area contributed by atoms with E-state index in [1.54, 1.807) is 0 Å². The molecule has 2 fully saturated rings. The Balaban J connectivity index is 1.98. The standard InChI is InChI=1S/C11H20N2O2/c1-11(2)7-13(5-9(11)6-14)10(15)8-3-12-4-8/h8-9,12,14H,3-7H2,1-2H3. The van der Waals surface area contributed by atoms with Crippen molar-refractivity contribution in [2.75, 3.05) is 32.8 Å². The first-order valence-corrected chi connectivity index (χ1v) is 5.65. The van der Waals surface area contributed by atoms with Crippen LogP contribution in [0.4, 0.5) is 0 Å². The molecule has 0 aromatic carbocycles. The summed E-state index contributed by atoms with van der Waals surface area (Å²) in [6, 6.07) is 0. The second-order valence-corrected chi connectivity index (χ2v) is 5.44. The average Bonchev–Trinajstić information content (AvgIpc) is 2.37. The summed E-state index contributed by atoms with van der Waals surface area (Å²) < 4.78 is 0. The summed E-state index contributed by atoms with van der Waals surface area (Å²) >= 11 is 0. The maximum atomic E-state index is 12.0. The lowest BCUT2D eigenvalue weighted by Gasteiger charge is -2.30. The number of aliphatic hydroxyl groups excluding tert-OH is 1. The minimum absolute atomic E-state index is 0.0571. The van der Waals surface area contributed by atoms with Gasteiger partial charge >= 0.3 is 0 Å². The zero-order chi connectivity index (χ0) is 11.1. The van der Waals surface area contributed by atoms with Gasteiger partial charge in [-0.3, -0.25) is 4.79 Å². The molecule has 1 amide bonds. The molecule has 0 bridgehead atoms. The minimum atomic E-state index is 0.0571. The molecule has 0 radical (unpaired) electrons. The highest BCUT2D eigenvalue weighted by Gasteiger charge is 2.42. The average molecular weight is 212 g/mol. The van der Waals surface area contributed by atoms with Gasteiger partial charge in [0.1, 0.15) is 0 Å². The van der Waals surface area contributed by atoms with Crippen molar-refractivity contribution in [3.8, 4) is 0 Å². The molecule has 0 aliphatic carbocycles. The molecule has 15 heavy (non-hydrogen) atoms. The van der Waals surface area contributed by atoms with Crippen LogP contribution in [0.5, 0.6) is 0 Å². The van der Waals surface area contributed by atoms with Gasteiger partial charge in [-0.25, -0.2) is 0 Å². The van der Waals surface area contributed by atoms with Gasteiger partial charge in [0, 0.05) is 38.7 Å². The van der Waals surface area contributed by atoms with E-state index in [0.29, 0.717) is 0 Å². The molecule has 2 heterocycles. The number of likely N-dealkylation sites (tertiary alicyclic amines) is 1. The van der Waals surface area contributed by atoms with Crippen molar-refractivity contribution >= 4 is 5.91 Å². The maximum Gasteiger partial charge on any atom is 0.228 e. The number of hydrogen-bond donors (Lipinski definition) is 2. The summed E-state index contributed by atoms with van der Waals surface area (Å²) in [6.07, 6.45) is 0. The molecule has 2 N–H and O–H groups in total. The minimum Gasteiger partial charge on any atom is -0.396 e. The van der Waals surface area contributed by atoms with Crippen LogP contribution in [-0.4, -0.2) is 48.7 Å². The molecule has 2 saturated heterocycles. The molecule has 4 nitrogen and oxygen atoms in total. The van der Waals surface area contributed by atoms with E-state index in [1.807, 2.05) is 4.90 Å². The highest BCUT2D eigenvalue weighted by atomic mass is 16.3. The van der Waals surface area contributed by atoms with Crippen molar-refractivity contribution in [3.05, 3.63) is 0 Å². The van der Waals surface area contributed by atoms with Gasteiger partial charge in [-0.1, -0.05) is 13.8 Å². The number of rotatable bonds is 2. The van der Waals surface area contributed by atoms with Crippen molar-refractivity contribution in [1.29, 1.82) is 0 Å². The SMILES string of the molecule is CC1(C)CN(C(=O)C2CNC2)CC1CO. The number of carbonyl (C=O) groups is 1. The first kappa shape index (κ1) is 10.9. The predicted molar refractivity (Wildman–Crippen MR) is 57.3 cm³/mol. The first-order valence-electron chi connectivity index (χ1n) is 5.65. The van der Waals surface area contributed by atoms with Crippen LogP contribution in [0.15, 0.2) is 0 Å². The van der Waals surface area contributed by atoms with E-state index in [-0.39, 0.29) is 29.8 Å². The van der Waals surface area contributed by atoms with Crippen LogP contribution in [0.3, 0.4) is 0 Å². The summed E-state index contributed by atoms with van der Waals surface area (Å²) in [7, 11) is 0. The van der Waals surface area contributed by atoms with Crippen LogP contribution < -0.4 is 5.32 Å². The van der Waals surface area contributed by atoms with E-state index >= 15 is 0 Å². The molecule has 2 aliphatic rings. The molecular formula is C11H20N2O2. The van der Waals surface area contributed by atoms with Crippen LogP contribution >= 0.6 is 0 Å². The Morgan fingerprint density at radius 2 is 2.20 bits per heavy atom. The molecule has 4 heteroatoms. The number of aliphatic hydroxyl groups is 1. The molecule has 0 spiro atoms. The summed E-state index contributed by atoms with van der Waals surface area (Å²) in [5, 5.41) is 12.4. The van der Waals surface area contributed by atoms with Gasteiger partial charge in [0.25, 0.3) is 0 Å². The highest BCUT2D eigenvalue weighted by molar-refractivity contribution is 5.80. The Labute approximate surface area is 90.6 Å². The monoisotopic (exact) mass is 212 g/mol. The van der Waals surface area contributed by atoms with E-state index in [0.717, 1.165) is 26.2 Å². The lowest BCUT2D eigenvalue weighted by Crippen LogP contribution is -2.51. The topological polar surface area (TPSA) is 52.6 Å². The fourth-order valence-corrected chi connectivity index (χ4v) is 2.39. The van der Waals surface area contributed by atoms with Gasteiger partial charge in [-0.05, 0) is 5.41 Å². The predicted octanol–water partition coefficient (Wildman–Crippen LogP) is -0.317. The van der Waals surface area contributed by atoms with E-state index in [2.05, 4.69) is 19.2 Å². The summed E-state index contributed by atoms with van der Waals surface area (Å²) in [5.74, 6) is 0.672. The largest absolute Gasteiger partial charge is 0.396 e. The molecular weight excluding hydrogens is 192 g/mol. The number of nitrogens with one attached hydrogen (secondary N) is 1. The Morgan fingerprint density at radius 3 is 2.60 bits per heavy atom. The van der Waals surface area contributed by atoms with E-state index in [1.165, 1.54) is 0 Å². The Morgan fingerprint density at radius 1 is 1.53 bits per heavy atom. The quantitative estimate of drug-likeness (QED) is 0.660. The Kier molecular flexibility index (Phi) is 2.73. The number of hydrogen-bond acceptors (Lipinski definition) is 3. The second kappa shape index (κ2) is 3.76. The molecule has 2 rings (SSSR count). The molecule has 86 valence electrons. The van der Waals surface area contributed by atoms with E-state index < -0.39 is 0 Å². The van der Waals surface area contributed by atoms with Crippen molar-refractivity contribution in [3.63, 3.8) is 0 Å². The Hall–Kier alpha value is -0.610. The number of carbonyl (C=O) groups excluding carboxylic acids is 1. The van der Waals surface area contributed by atoms with Crippen LogP contribution in [0.2, 0.25) is 0 Å². The van der Waals surface area contributed by atoms with Crippen LogP contribution in [0.1, 0.15) is 13.8 Å². The lowest BCUT2D eigenvalue weighted by molar-refractivity contribution is -0.136. The van der Waals surface area contributed by atoms with Crippen molar-refractivity contribution in [2.45, 2.75) is 13.8 Å². The van der Waals surface area contributed by atoms with Gasteiger partial charge in [-0.15, -0.1) is 0 Å². The van der Waals surface area contributed by atoms with E-state index in [9.17, 15) is 9.90 Å². The maximum absolute atomic E-state index is 12.0. The normalized spacial score (nSPS) is 30.3. The van der Waals surface area contributed by atoms with Crippen molar-refractivity contribution in [2.24, 2.45) is 17.3 Å². The smallest absolute Gasteiger partial charge is 0.228 e. The number of amides is 1. The van der Waals surface area contributed by atoms with Crippen molar-refractivity contribution < 1.29 is 9.90 Å². The zero-order valence-electron chi connectivity index (χ0n) is 9.49. The zero-order valence-corrected chi connectivity index (χ0v) is 9.49. The first-order chi connectivity index (χ1) is 7.04. The molecule has 0 saturated carbocycles. The van der Waals surface area contributed by atoms with Gasteiger partial charge in [0.2, 0.25) is 5.91 Å². The van der Waals surface area contributed by atoms with E-state index in [4.69, 9.17) is 0 Å². The number of nitrogens with zero attached hydrogens (tertiary/aromatic N) is 1. The Bertz CT molecular complexity index is 261.